The Labute approximate surface area is 211 Å². The van der Waals surface area contributed by atoms with E-state index in [0.717, 1.165) is 45.5 Å². The number of pyridine rings is 1. The summed E-state index contributed by atoms with van der Waals surface area (Å²) < 4.78 is 16.0. The predicted octanol–water partition coefficient (Wildman–Crippen LogP) is 4.75. The molecule has 1 aliphatic carbocycles. The minimum Gasteiger partial charge on any atom is -0.497 e. The van der Waals surface area contributed by atoms with Crippen LogP contribution in [0.15, 0.2) is 65.7 Å². The number of fused-ring (bicyclic) bond motifs is 3. The van der Waals surface area contributed by atoms with Crippen LogP contribution in [0.2, 0.25) is 0 Å². The number of aromatic amines is 1. The number of ether oxygens (including phenoxy) is 2. The van der Waals surface area contributed by atoms with Crippen molar-refractivity contribution in [2.75, 3.05) is 24.9 Å². The number of anilines is 3. The minimum absolute atomic E-state index is 0.0411. The summed E-state index contributed by atoms with van der Waals surface area (Å²) in [4.78, 5) is 21.6. The van der Waals surface area contributed by atoms with Crippen molar-refractivity contribution in [3.05, 3.63) is 72.4 Å². The van der Waals surface area contributed by atoms with E-state index in [0.29, 0.717) is 23.1 Å². The molecule has 37 heavy (non-hydrogen) atoms. The number of methoxy groups -OCH3 is 2. The van der Waals surface area contributed by atoms with Crippen LogP contribution in [0.1, 0.15) is 23.5 Å². The lowest BCUT2D eigenvalue weighted by atomic mass is 9.91. The molecule has 3 N–H and O–H groups in total. The highest BCUT2D eigenvalue weighted by Crippen LogP contribution is 2.65. The summed E-state index contributed by atoms with van der Waals surface area (Å²) in [6.07, 6.45) is 5.36. The van der Waals surface area contributed by atoms with Gasteiger partial charge in [0.25, 0.3) is 0 Å². The van der Waals surface area contributed by atoms with E-state index in [1.54, 1.807) is 26.7 Å². The number of benzene rings is 2. The molecule has 0 unspecified atom stereocenters. The number of amides is 1. The summed E-state index contributed by atoms with van der Waals surface area (Å²) in [5, 5.41) is 14.9. The zero-order chi connectivity index (χ0) is 25.1. The number of rotatable bonds is 6. The van der Waals surface area contributed by atoms with Gasteiger partial charge in [-0.3, -0.25) is 9.89 Å². The molecular formula is C27H22N6O4. The van der Waals surface area contributed by atoms with Crippen molar-refractivity contribution >= 4 is 34.0 Å². The second-order valence-electron chi connectivity index (χ2n) is 9.25. The number of nitrogens with one attached hydrogen (secondary N) is 3. The monoisotopic (exact) mass is 494 g/mol. The average molecular weight is 495 g/mol. The first-order chi connectivity index (χ1) is 18.1. The van der Waals surface area contributed by atoms with E-state index >= 15 is 0 Å². The highest BCUT2D eigenvalue weighted by atomic mass is 16.5. The molecule has 1 fully saturated rings. The van der Waals surface area contributed by atoms with Crippen LogP contribution in [0.4, 0.5) is 17.2 Å². The maximum Gasteiger partial charge on any atom is 0.237 e. The van der Waals surface area contributed by atoms with Gasteiger partial charge in [-0.15, -0.1) is 0 Å². The summed E-state index contributed by atoms with van der Waals surface area (Å²) in [6.45, 7) is 0. The Morgan fingerprint density at radius 3 is 2.84 bits per heavy atom. The third kappa shape index (κ3) is 3.18. The quantitative estimate of drug-likeness (QED) is 0.309. The van der Waals surface area contributed by atoms with Crippen LogP contribution in [0.5, 0.6) is 11.6 Å². The lowest BCUT2D eigenvalue weighted by molar-refractivity contribution is -0.118. The van der Waals surface area contributed by atoms with Gasteiger partial charge in [0.1, 0.15) is 23.4 Å². The van der Waals surface area contributed by atoms with Crippen molar-refractivity contribution in [1.29, 1.82) is 0 Å². The van der Waals surface area contributed by atoms with E-state index in [9.17, 15) is 4.79 Å². The second kappa shape index (κ2) is 7.82. The van der Waals surface area contributed by atoms with Crippen molar-refractivity contribution in [1.82, 2.24) is 20.2 Å². The molecule has 0 radical (unpaired) electrons. The Morgan fingerprint density at radius 1 is 1.11 bits per heavy atom. The summed E-state index contributed by atoms with van der Waals surface area (Å²) in [6, 6.07) is 13.8. The number of hydrogen-bond acceptors (Lipinski definition) is 8. The smallest absolute Gasteiger partial charge is 0.237 e. The average Bonchev–Trinajstić information content (AvgIpc) is 3.20. The minimum atomic E-state index is -0.556. The predicted molar refractivity (Wildman–Crippen MR) is 136 cm³/mol. The summed E-state index contributed by atoms with van der Waals surface area (Å²) >= 11 is 0. The van der Waals surface area contributed by atoms with E-state index in [1.165, 1.54) is 6.39 Å². The van der Waals surface area contributed by atoms with Gasteiger partial charge in [0.2, 0.25) is 11.8 Å². The fourth-order valence-corrected chi connectivity index (χ4v) is 5.38. The van der Waals surface area contributed by atoms with Gasteiger partial charge in [-0.2, -0.15) is 5.10 Å². The van der Waals surface area contributed by atoms with Gasteiger partial charge in [-0.05, 0) is 53.9 Å². The van der Waals surface area contributed by atoms with Crippen LogP contribution < -0.4 is 20.1 Å². The van der Waals surface area contributed by atoms with Crippen molar-refractivity contribution in [2.45, 2.75) is 17.8 Å². The highest BCUT2D eigenvalue weighted by molar-refractivity contribution is 6.10. The molecule has 0 bridgehead atoms. The third-order valence-electron chi connectivity index (χ3n) is 7.34. The van der Waals surface area contributed by atoms with Crippen molar-refractivity contribution in [3.63, 3.8) is 0 Å². The number of aromatic nitrogens is 4. The molecule has 0 saturated heterocycles. The summed E-state index contributed by atoms with van der Waals surface area (Å²) in [5.41, 5.74) is 5.35. The Bertz CT molecular complexity index is 1680. The Hall–Kier alpha value is -4.86. The van der Waals surface area contributed by atoms with Crippen LogP contribution in [-0.2, 0) is 10.2 Å². The first kappa shape index (κ1) is 21.4. The lowest BCUT2D eigenvalue weighted by Gasteiger charge is -2.11. The molecule has 7 rings (SSSR count). The molecule has 1 spiro atoms. The van der Waals surface area contributed by atoms with E-state index in [2.05, 4.69) is 42.9 Å². The Kier molecular flexibility index (Phi) is 4.53. The van der Waals surface area contributed by atoms with Crippen molar-refractivity contribution < 1.29 is 18.7 Å². The Balaban J connectivity index is 1.20. The molecule has 5 aromatic rings. The number of oxazole rings is 1. The highest BCUT2D eigenvalue weighted by Gasteiger charge is 2.65. The number of carbonyl (C=O) groups excluding carboxylic acids is 1. The van der Waals surface area contributed by atoms with Crippen LogP contribution in [-0.4, -0.2) is 40.3 Å². The van der Waals surface area contributed by atoms with Crippen LogP contribution in [0.3, 0.4) is 0 Å². The first-order valence-corrected chi connectivity index (χ1v) is 11.8. The van der Waals surface area contributed by atoms with Gasteiger partial charge < -0.3 is 24.5 Å². The number of carbonyl (C=O) groups is 1. The zero-order valence-electron chi connectivity index (χ0n) is 20.0. The largest absolute Gasteiger partial charge is 0.497 e. The number of H-pyrrole nitrogens is 1. The molecule has 4 heterocycles. The van der Waals surface area contributed by atoms with E-state index < -0.39 is 5.41 Å². The zero-order valence-corrected chi connectivity index (χ0v) is 20.0. The van der Waals surface area contributed by atoms with Crippen LogP contribution in [0.25, 0.3) is 22.2 Å². The van der Waals surface area contributed by atoms with E-state index in [-0.39, 0.29) is 11.8 Å². The van der Waals surface area contributed by atoms with Crippen LogP contribution >= 0.6 is 0 Å². The van der Waals surface area contributed by atoms with Crippen molar-refractivity contribution in [3.8, 4) is 22.9 Å². The second-order valence-corrected chi connectivity index (χ2v) is 9.25. The molecule has 10 nitrogen and oxygen atoms in total. The normalized spacial score (nSPS) is 19.6. The third-order valence-corrected chi connectivity index (χ3v) is 7.34. The van der Waals surface area contributed by atoms with Crippen LogP contribution in [0, 0.1) is 0 Å². The van der Waals surface area contributed by atoms with E-state index in [1.807, 2.05) is 30.3 Å². The topological polar surface area (TPSA) is 127 Å². The number of nitrogens with zero attached hydrogens (tertiary/aromatic N) is 3. The maximum atomic E-state index is 13.0. The molecule has 184 valence electrons. The fraction of sp³-hybridized carbons (Fsp3) is 0.185. The fourth-order valence-electron chi connectivity index (χ4n) is 5.38. The van der Waals surface area contributed by atoms with Gasteiger partial charge in [-0.1, -0.05) is 6.07 Å². The Morgan fingerprint density at radius 2 is 2.03 bits per heavy atom. The molecule has 1 aliphatic heterocycles. The van der Waals surface area contributed by atoms with E-state index in [4.69, 9.17) is 13.9 Å². The molecular weight excluding hydrogens is 472 g/mol. The van der Waals surface area contributed by atoms with Gasteiger partial charge in [0.05, 0.1) is 25.2 Å². The van der Waals surface area contributed by atoms with Gasteiger partial charge in [0, 0.05) is 28.8 Å². The molecule has 1 amide bonds. The number of hydrogen-bond donors (Lipinski definition) is 3. The standard InChI is InChI=1S/C27H22N6O4/c1-35-16-4-6-20-18(9-16)27(26(34)31-20)10-19(27)14-3-5-17-21(7-14)32-33-24(17)30-22-8-15(11-28-25(22)36-2)23-12-37-13-29-23/h3-9,11-13,19H,10H2,1-2H3,(H,31,34)(H2,30,32,33)/t19-,27-/m0/s1. The SMILES string of the molecule is COc1ccc2c(c1)[C@]1(C[C@H]1c1ccc3c(Nc4cc(-c5cocn5)cnc4OC)n[nH]c3c1)C(=O)N2. The lowest BCUT2D eigenvalue weighted by Crippen LogP contribution is -2.21. The molecule has 2 aliphatic rings. The molecule has 1 saturated carbocycles. The van der Waals surface area contributed by atoms with Crippen molar-refractivity contribution in [2.24, 2.45) is 0 Å². The maximum absolute atomic E-state index is 13.0. The van der Waals surface area contributed by atoms with Gasteiger partial charge in [0.15, 0.2) is 12.2 Å². The summed E-state index contributed by atoms with van der Waals surface area (Å²) in [5.74, 6) is 1.93. The summed E-state index contributed by atoms with van der Waals surface area (Å²) in [7, 11) is 3.20. The van der Waals surface area contributed by atoms with Gasteiger partial charge in [-0.25, -0.2) is 9.97 Å². The molecule has 2 atom stereocenters. The molecule has 10 heteroatoms. The molecule has 2 aromatic carbocycles. The van der Waals surface area contributed by atoms with Gasteiger partial charge >= 0.3 is 0 Å². The first-order valence-electron chi connectivity index (χ1n) is 11.8. The molecule has 3 aromatic heterocycles.